The van der Waals surface area contributed by atoms with Gasteiger partial charge < -0.3 is 20.1 Å². The summed E-state index contributed by atoms with van der Waals surface area (Å²) in [7, 11) is 2.57. The molecule has 0 saturated carbocycles. The SMILES string of the molecule is COc1cc(NC(=S)Nc2cccc(S(=O)(=O)N(C)C)c2)cc(OC)c1. The van der Waals surface area contributed by atoms with Gasteiger partial charge in [0.05, 0.1) is 19.1 Å². The lowest BCUT2D eigenvalue weighted by Gasteiger charge is -2.15. The van der Waals surface area contributed by atoms with Crippen molar-refractivity contribution in [3.63, 3.8) is 0 Å². The Kier molecular flexibility index (Phi) is 6.41. The van der Waals surface area contributed by atoms with Crippen LogP contribution < -0.4 is 20.1 Å². The molecule has 0 aliphatic rings. The zero-order valence-corrected chi connectivity index (χ0v) is 16.6. The first-order valence-electron chi connectivity index (χ1n) is 7.60. The van der Waals surface area contributed by atoms with E-state index in [1.807, 2.05) is 0 Å². The quantitative estimate of drug-likeness (QED) is 0.728. The third kappa shape index (κ3) is 4.84. The molecule has 0 radical (unpaired) electrons. The normalized spacial score (nSPS) is 11.1. The Labute approximate surface area is 159 Å². The van der Waals surface area contributed by atoms with Gasteiger partial charge in [-0.1, -0.05) is 6.07 Å². The third-order valence-electron chi connectivity index (χ3n) is 3.48. The lowest BCUT2D eigenvalue weighted by Crippen LogP contribution is -2.23. The lowest BCUT2D eigenvalue weighted by molar-refractivity contribution is 0.395. The number of hydrogen-bond acceptors (Lipinski definition) is 5. The van der Waals surface area contributed by atoms with Crippen LogP contribution in [0.15, 0.2) is 47.4 Å². The van der Waals surface area contributed by atoms with Crippen molar-refractivity contribution in [2.45, 2.75) is 4.90 Å². The van der Waals surface area contributed by atoms with Crippen LogP contribution in [0, 0.1) is 0 Å². The molecule has 26 heavy (non-hydrogen) atoms. The standard InChI is InChI=1S/C17H21N3O4S2/c1-20(2)26(21,22)16-7-5-6-12(10-16)18-17(25)19-13-8-14(23-3)11-15(9-13)24-4/h5-11H,1-4H3,(H2,18,19,25). The van der Waals surface area contributed by atoms with E-state index in [0.29, 0.717) is 28.0 Å². The van der Waals surface area contributed by atoms with E-state index in [1.165, 1.54) is 26.2 Å². The number of nitrogens with one attached hydrogen (secondary N) is 2. The average molecular weight is 396 g/mol. The zero-order chi connectivity index (χ0) is 19.3. The van der Waals surface area contributed by atoms with Crippen LogP contribution in [0.5, 0.6) is 11.5 Å². The van der Waals surface area contributed by atoms with Gasteiger partial charge in [0.15, 0.2) is 5.11 Å². The van der Waals surface area contributed by atoms with E-state index in [4.69, 9.17) is 21.7 Å². The van der Waals surface area contributed by atoms with Gasteiger partial charge >= 0.3 is 0 Å². The number of sulfonamides is 1. The van der Waals surface area contributed by atoms with Gasteiger partial charge in [-0.25, -0.2) is 12.7 Å². The number of benzene rings is 2. The second-order valence-electron chi connectivity index (χ2n) is 5.50. The van der Waals surface area contributed by atoms with Crippen LogP contribution in [-0.2, 0) is 10.0 Å². The predicted molar refractivity (Wildman–Crippen MR) is 107 cm³/mol. The molecule has 0 fully saturated rings. The van der Waals surface area contributed by atoms with Crippen molar-refractivity contribution in [2.24, 2.45) is 0 Å². The Morgan fingerprint density at radius 2 is 1.54 bits per heavy atom. The molecule has 2 aromatic rings. The smallest absolute Gasteiger partial charge is 0.242 e. The van der Waals surface area contributed by atoms with Crippen LogP contribution in [0.25, 0.3) is 0 Å². The largest absolute Gasteiger partial charge is 0.497 e. The van der Waals surface area contributed by atoms with Gasteiger partial charge in [0.2, 0.25) is 10.0 Å². The van der Waals surface area contributed by atoms with Gasteiger partial charge in [0.1, 0.15) is 11.5 Å². The summed E-state index contributed by atoms with van der Waals surface area (Å²) in [5.41, 5.74) is 1.23. The number of rotatable bonds is 6. The minimum Gasteiger partial charge on any atom is -0.497 e. The molecule has 140 valence electrons. The highest BCUT2D eigenvalue weighted by Crippen LogP contribution is 2.26. The summed E-state index contributed by atoms with van der Waals surface area (Å²) >= 11 is 5.30. The Balaban J connectivity index is 2.16. The number of methoxy groups -OCH3 is 2. The van der Waals surface area contributed by atoms with E-state index in [1.54, 1.807) is 44.6 Å². The summed E-state index contributed by atoms with van der Waals surface area (Å²) < 4.78 is 36.0. The van der Waals surface area contributed by atoms with E-state index in [0.717, 1.165) is 4.31 Å². The van der Waals surface area contributed by atoms with Crippen LogP contribution in [0.3, 0.4) is 0 Å². The van der Waals surface area contributed by atoms with Crippen molar-refractivity contribution >= 4 is 38.7 Å². The Bertz CT molecular complexity index is 876. The average Bonchev–Trinajstić information content (AvgIpc) is 2.61. The van der Waals surface area contributed by atoms with E-state index >= 15 is 0 Å². The summed E-state index contributed by atoms with van der Waals surface area (Å²) in [6.07, 6.45) is 0. The van der Waals surface area contributed by atoms with Crippen LogP contribution >= 0.6 is 12.2 Å². The Morgan fingerprint density at radius 3 is 2.08 bits per heavy atom. The molecule has 0 amide bonds. The molecule has 9 heteroatoms. The zero-order valence-electron chi connectivity index (χ0n) is 14.9. The highest BCUT2D eigenvalue weighted by Gasteiger charge is 2.17. The second-order valence-corrected chi connectivity index (χ2v) is 8.06. The highest BCUT2D eigenvalue weighted by molar-refractivity contribution is 7.89. The predicted octanol–water partition coefficient (Wildman–Crippen LogP) is 2.76. The van der Waals surface area contributed by atoms with E-state index in [2.05, 4.69) is 10.6 Å². The maximum Gasteiger partial charge on any atom is 0.242 e. The molecule has 0 bridgehead atoms. The third-order valence-corrected chi connectivity index (χ3v) is 5.50. The van der Waals surface area contributed by atoms with Crippen molar-refractivity contribution < 1.29 is 17.9 Å². The van der Waals surface area contributed by atoms with Gasteiger partial charge in [0, 0.05) is 43.7 Å². The van der Waals surface area contributed by atoms with Crippen molar-refractivity contribution in [1.82, 2.24) is 4.31 Å². The van der Waals surface area contributed by atoms with Crippen LogP contribution in [0.2, 0.25) is 0 Å². The van der Waals surface area contributed by atoms with Gasteiger partial charge in [-0.15, -0.1) is 0 Å². The summed E-state index contributed by atoms with van der Waals surface area (Å²) in [6, 6.07) is 11.7. The maximum atomic E-state index is 12.2. The molecular formula is C17H21N3O4S2. The highest BCUT2D eigenvalue weighted by atomic mass is 32.2. The number of thiocarbonyl (C=S) groups is 1. The fraction of sp³-hybridized carbons (Fsp3) is 0.235. The van der Waals surface area contributed by atoms with Gasteiger partial charge in [-0.05, 0) is 30.4 Å². The molecule has 0 spiro atoms. The molecular weight excluding hydrogens is 374 g/mol. The molecule has 0 saturated heterocycles. The number of nitrogens with zero attached hydrogens (tertiary/aromatic N) is 1. The van der Waals surface area contributed by atoms with E-state index in [-0.39, 0.29) is 4.90 Å². The fourth-order valence-electron chi connectivity index (χ4n) is 2.12. The van der Waals surface area contributed by atoms with Crippen molar-refractivity contribution in [2.75, 3.05) is 38.9 Å². The lowest BCUT2D eigenvalue weighted by atomic mass is 10.3. The van der Waals surface area contributed by atoms with Crippen molar-refractivity contribution in [3.05, 3.63) is 42.5 Å². The molecule has 0 aromatic heterocycles. The molecule has 0 aliphatic carbocycles. The van der Waals surface area contributed by atoms with Crippen LogP contribution in [0.1, 0.15) is 0 Å². The van der Waals surface area contributed by atoms with Gasteiger partial charge in [-0.2, -0.15) is 0 Å². The second kappa shape index (κ2) is 8.35. The summed E-state index contributed by atoms with van der Waals surface area (Å²) in [5, 5.41) is 6.30. The molecule has 0 unspecified atom stereocenters. The first-order chi connectivity index (χ1) is 12.3. The van der Waals surface area contributed by atoms with Gasteiger partial charge in [-0.3, -0.25) is 0 Å². The Hall–Kier alpha value is -2.36. The number of anilines is 2. The monoisotopic (exact) mass is 395 g/mol. The van der Waals surface area contributed by atoms with E-state index in [9.17, 15) is 8.42 Å². The summed E-state index contributed by atoms with van der Waals surface area (Å²) in [6.45, 7) is 0. The first-order valence-corrected chi connectivity index (χ1v) is 9.45. The molecule has 7 nitrogen and oxygen atoms in total. The molecule has 0 heterocycles. The first kappa shape index (κ1) is 20.0. The number of ether oxygens (including phenoxy) is 2. The molecule has 2 rings (SSSR count). The summed E-state index contributed by atoms with van der Waals surface area (Å²) in [4.78, 5) is 0.179. The molecule has 0 atom stereocenters. The number of hydrogen-bond donors (Lipinski definition) is 2. The van der Waals surface area contributed by atoms with Crippen molar-refractivity contribution in [3.8, 4) is 11.5 Å². The molecule has 0 aliphatic heterocycles. The Morgan fingerprint density at radius 1 is 0.962 bits per heavy atom. The van der Waals surface area contributed by atoms with Gasteiger partial charge in [0.25, 0.3) is 0 Å². The molecule has 2 N–H and O–H groups in total. The summed E-state index contributed by atoms with van der Waals surface area (Å²) in [5.74, 6) is 1.24. The van der Waals surface area contributed by atoms with Crippen molar-refractivity contribution in [1.29, 1.82) is 0 Å². The molecule has 2 aromatic carbocycles. The van der Waals surface area contributed by atoms with Crippen LogP contribution in [-0.4, -0.2) is 46.2 Å². The minimum absolute atomic E-state index is 0.179. The van der Waals surface area contributed by atoms with Crippen LogP contribution in [0.4, 0.5) is 11.4 Å². The van der Waals surface area contributed by atoms with E-state index < -0.39 is 10.0 Å². The topological polar surface area (TPSA) is 79.9 Å². The maximum absolute atomic E-state index is 12.2. The fourth-order valence-corrected chi connectivity index (χ4v) is 3.30. The minimum atomic E-state index is -3.52.